The van der Waals surface area contributed by atoms with Gasteiger partial charge in [0.1, 0.15) is 0 Å². The second-order valence-corrected chi connectivity index (χ2v) is 6.03. The van der Waals surface area contributed by atoms with E-state index in [1.807, 2.05) is 38.1 Å². The molecule has 6 heteroatoms. The molecule has 0 spiro atoms. The van der Waals surface area contributed by atoms with Crippen LogP contribution in [0.3, 0.4) is 0 Å². The van der Waals surface area contributed by atoms with Crippen LogP contribution in [-0.4, -0.2) is 26.0 Å². The maximum Gasteiger partial charge on any atom is 0.278 e. The van der Waals surface area contributed by atoms with Crippen molar-refractivity contribution in [1.82, 2.24) is 15.0 Å². The van der Waals surface area contributed by atoms with Gasteiger partial charge in [-0.2, -0.15) is 0 Å². The molecule has 1 aromatic heterocycles. The van der Waals surface area contributed by atoms with E-state index in [9.17, 15) is 9.90 Å². The minimum absolute atomic E-state index is 0.268. The maximum atomic E-state index is 12.5. The van der Waals surface area contributed by atoms with E-state index in [0.717, 1.165) is 16.8 Å². The Balaban J connectivity index is 1.85. The Labute approximate surface area is 146 Å². The molecule has 0 unspecified atom stereocenters. The molecular weight excluding hydrogens is 316 g/mol. The number of nitrogens with one attached hydrogen (secondary N) is 1. The third-order valence-electron chi connectivity index (χ3n) is 3.98. The fourth-order valence-corrected chi connectivity index (χ4v) is 2.61. The number of anilines is 1. The maximum absolute atomic E-state index is 12.5. The zero-order valence-electron chi connectivity index (χ0n) is 14.4. The Morgan fingerprint density at radius 2 is 1.92 bits per heavy atom. The Morgan fingerprint density at radius 3 is 2.64 bits per heavy atom. The minimum Gasteiger partial charge on any atom is -0.389 e. The molecule has 1 atom stereocenters. The molecule has 3 rings (SSSR count). The van der Waals surface area contributed by atoms with E-state index >= 15 is 0 Å². The molecule has 2 N–H and O–H groups in total. The molecular formula is C19H20N4O2. The number of aryl methyl sites for hydroxylation is 1. The number of aliphatic hydroxyl groups excluding tert-OH is 1. The van der Waals surface area contributed by atoms with E-state index in [2.05, 4.69) is 15.6 Å². The average molecular weight is 336 g/mol. The Bertz CT molecular complexity index is 915. The molecule has 0 radical (unpaired) electrons. The van der Waals surface area contributed by atoms with Crippen molar-refractivity contribution in [2.45, 2.75) is 26.9 Å². The summed E-state index contributed by atoms with van der Waals surface area (Å²) in [6, 6.07) is 14.9. The molecule has 0 aliphatic rings. The summed E-state index contributed by atoms with van der Waals surface area (Å²) in [5.74, 6) is -0.334. The van der Waals surface area contributed by atoms with Gasteiger partial charge in [0.2, 0.25) is 0 Å². The zero-order valence-corrected chi connectivity index (χ0v) is 14.4. The summed E-state index contributed by atoms with van der Waals surface area (Å²) in [4.78, 5) is 12.5. The number of carbonyl (C=O) groups is 1. The molecule has 2 aromatic carbocycles. The average Bonchev–Trinajstić information content (AvgIpc) is 2.96. The van der Waals surface area contributed by atoms with Crippen LogP contribution in [0.1, 0.15) is 40.3 Å². The minimum atomic E-state index is -0.596. The Morgan fingerprint density at radius 1 is 1.16 bits per heavy atom. The lowest BCUT2D eigenvalue weighted by molar-refractivity contribution is 0.102. The molecule has 128 valence electrons. The standard InChI is InChI=1S/C19H20N4O2/c1-12-6-4-9-17(10-12)23-13(2)18(21-22-23)19(25)20-16-8-5-7-15(11-16)14(3)24/h4-11,14,24H,1-3H3,(H,20,25)/t14-/m1/s1. The molecule has 0 saturated carbocycles. The van der Waals surface area contributed by atoms with Crippen LogP contribution >= 0.6 is 0 Å². The van der Waals surface area contributed by atoms with Crippen molar-refractivity contribution in [1.29, 1.82) is 0 Å². The number of aromatic nitrogens is 3. The highest BCUT2D eigenvalue weighted by atomic mass is 16.3. The number of amides is 1. The highest BCUT2D eigenvalue weighted by Gasteiger charge is 2.18. The van der Waals surface area contributed by atoms with Gasteiger partial charge in [-0.25, -0.2) is 4.68 Å². The van der Waals surface area contributed by atoms with E-state index in [1.54, 1.807) is 35.9 Å². The fourth-order valence-electron chi connectivity index (χ4n) is 2.61. The molecule has 25 heavy (non-hydrogen) atoms. The summed E-state index contributed by atoms with van der Waals surface area (Å²) in [6.07, 6.45) is -0.596. The third-order valence-corrected chi connectivity index (χ3v) is 3.98. The third kappa shape index (κ3) is 3.59. The largest absolute Gasteiger partial charge is 0.389 e. The first-order chi connectivity index (χ1) is 12.0. The molecule has 0 aliphatic heterocycles. The van der Waals surface area contributed by atoms with Crippen molar-refractivity contribution in [2.24, 2.45) is 0 Å². The number of nitrogens with zero attached hydrogens (tertiary/aromatic N) is 3. The highest BCUT2D eigenvalue weighted by molar-refractivity contribution is 6.03. The molecule has 1 amide bonds. The van der Waals surface area contributed by atoms with Crippen molar-refractivity contribution in [3.05, 3.63) is 71.0 Å². The number of benzene rings is 2. The van der Waals surface area contributed by atoms with Crippen molar-refractivity contribution in [3.8, 4) is 5.69 Å². The first-order valence-corrected chi connectivity index (χ1v) is 8.04. The molecule has 0 fully saturated rings. The fraction of sp³-hybridized carbons (Fsp3) is 0.211. The number of hydrogen-bond donors (Lipinski definition) is 2. The first kappa shape index (κ1) is 16.9. The second-order valence-electron chi connectivity index (χ2n) is 6.03. The van der Waals surface area contributed by atoms with Gasteiger partial charge in [-0.15, -0.1) is 5.10 Å². The highest BCUT2D eigenvalue weighted by Crippen LogP contribution is 2.19. The smallest absolute Gasteiger partial charge is 0.278 e. The van der Waals surface area contributed by atoms with Gasteiger partial charge in [0.25, 0.3) is 5.91 Å². The predicted molar refractivity (Wildman–Crippen MR) is 95.9 cm³/mol. The van der Waals surface area contributed by atoms with Gasteiger partial charge in [0, 0.05) is 5.69 Å². The van der Waals surface area contributed by atoms with Crippen molar-refractivity contribution < 1.29 is 9.90 Å². The number of aliphatic hydroxyl groups is 1. The topological polar surface area (TPSA) is 80.0 Å². The van der Waals surface area contributed by atoms with Gasteiger partial charge in [0.15, 0.2) is 5.69 Å². The predicted octanol–water partition coefficient (Wildman–Crippen LogP) is 3.19. The summed E-state index contributed by atoms with van der Waals surface area (Å²) < 4.78 is 1.65. The van der Waals surface area contributed by atoms with E-state index < -0.39 is 6.10 Å². The monoisotopic (exact) mass is 336 g/mol. The summed E-state index contributed by atoms with van der Waals surface area (Å²) in [5.41, 5.74) is 4.23. The van der Waals surface area contributed by atoms with Gasteiger partial charge in [0.05, 0.1) is 17.5 Å². The van der Waals surface area contributed by atoms with E-state index in [-0.39, 0.29) is 11.6 Å². The van der Waals surface area contributed by atoms with Gasteiger partial charge in [-0.3, -0.25) is 4.79 Å². The van der Waals surface area contributed by atoms with Crippen LogP contribution < -0.4 is 5.32 Å². The number of rotatable bonds is 4. The van der Waals surface area contributed by atoms with Crippen LogP contribution in [0, 0.1) is 13.8 Å². The molecule has 0 aliphatic carbocycles. The Kier molecular flexibility index (Phi) is 4.63. The van der Waals surface area contributed by atoms with Crippen molar-refractivity contribution >= 4 is 11.6 Å². The quantitative estimate of drug-likeness (QED) is 0.767. The SMILES string of the molecule is Cc1cccc(-n2nnc(C(=O)Nc3cccc([C@@H](C)O)c3)c2C)c1. The summed E-state index contributed by atoms with van der Waals surface area (Å²) >= 11 is 0. The van der Waals surface area contributed by atoms with Gasteiger partial charge >= 0.3 is 0 Å². The Hall–Kier alpha value is -2.99. The zero-order chi connectivity index (χ0) is 18.0. The van der Waals surface area contributed by atoms with Crippen LogP contribution in [0.4, 0.5) is 5.69 Å². The molecule has 0 saturated heterocycles. The van der Waals surface area contributed by atoms with Crippen LogP contribution in [0.2, 0.25) is 0 Å². The van der Waals surface area contributed by atoms with Crippen molar-refractivity contribution in [3.63, 3.8) is 0 Å². The summed E-state index contributed by atoms with van der Waals surface area (Å²) in [5, 5.41) is 20.6. The first-order valence-electron chi connectivity index (χ1n) is 8.04. The van der Waals surface area contributed by atoms with Gasteiger partial charge in [-0.05, 0) is 56.2 Å². The number of hydrogen-bond acceptors (Lipinski definition) is 4. The molecule has 3 aromatic rings. The lowest BCUT2D eigenvalue weighted by Crippen LogP contribution is -2.14. The summed E-state index contributed by atoms with van der Waals surface area (Å²) in [6.45, 7) is 5.49. The molecule has 1 heterocycles. The lowest BCUT2D eigenvalue weighted by Gasteiger charge is -2.09. The van der Waals surface area contributed by atoms with Crippen LogP contribution in [0.5, 0.6) is 0 Å². The number of carbonyl (C=O) groups excluding carboxylic acids is 1. The van der Waals surface area contributed by atoms with Crippen molar-refractivity contribution in [2.75, 3.05) is 5.32 Å². The molecule has 0 bridgehead atoms. The van der Waals surface area contributed by atoms with E-state index in [4.69, 9.17) is 0 Å². The van der Waals surface area contributed by atoms with Crippen LogP contribution in [0.15, 0.2) is 48.5 Å². The lowest BCUT2D eigenvalue weighted by atomic mass is 10.1. The van der Waals surface area contributed by atoms with E-state index in [0.29, 0.717) is 11.4 Å². The van der Waals surface area contributed by atoms with Crippen LogP contribution in [0.25, 0.3) is 5.69 Å². The second kappa shape index (κ2) is 6.86. The van der Waals surface area contributed by atoms with Crippen LogP contribution in [-0.2, 0) is 0 Å². The van der Waals surface area contributed by atoms with Gasteiger partial charge < -0.3 is 10.4 Å². The normalized spacial score (nSPS) is 12.0. The van der Waals surface area contributed by atoms with Gasteiger partial charge in [-0.1, -0.05) is 29.5 Å². The van der Waals surface area contributed by atoms with E-state index in [1.165, 1.54) is 0 Å². The molecule has 6 nitrogen and oxygen atoms in total. The summed E-state index contributed by atoms with van der Waals surface area (Å²) in [7, 11) is 0.